The highest BCUT2D eigenvalue weighted by Crippen LogP contribution is 2.46. The quantitative estimate of drug-likeness (QED) is 0.176. The molecule has 4 rings (SSSR count). The molecule has 0 spiro atoms. The highest BCUT2D eigenvalue weighted by Gasteiger charge is 2.44. The molecule has 240 valence electrons. The number of hydrogen-bond acceptors (Lipinski definition) is 5. The summed E-state index contributed by atoms with van der Waals surface area (Å²) in [5, 5.41) is 3.28. The smallest absolute Gasteiger partial charge is 0.485 e. The second-order valence-electron chi connectivity index (χ2n) is 12.0. The molecule has 1 aliphatic heterocycles. The summed E-state index contributed by atoms with van der Waals surface area (Å²) in [6, 6.07) is 15.4. The highest BCUT2D eigenvalue weighted by atomic mass is 28.4. The molecule has 0 saturated carbocycles. The van der Waals surface area contributed by atoms with Crippen LogP contribution in [0.2, 0.25) is 18.1 Å². The molecule has 0 saturated heterocycles. The molecule has 3 aromatic carbocycles. The number of alkyl halides is 7. The zero-order valence-corrected chi connectivity index (χ0v) is 25.8. The van der Waals surface area contributed by atoms with Crippen LogP contribution in [-0.4, -0.2) is 39.9 Å². The van der Waals surface area contributed by atoms with E-state index >= 15 is 0 Å². The van der Waals surface area contributed by atoms with Crippen molar-refractivity contribution >= 4 is 14.0 Å². The summed E-state index contributed by atoms with van der Waals surface area (Å²) in [7, 11) is -2.15. The van der Waals surface area contributed by atoms with Crippen LogP contribution in [0.3, 0.4) is 0 Å². The van der Waals surface area contributed by atoms with E-state index in [1.807, 2.05) is 0 Å². The maximum Gasteiger partial charge on any atom is 0.573 e. The Kier molecular flexibility index (Phi) is 9.50. The fourth-order valence-electron chi connectivity index (χ4n) is 4.49. The predicted octanol–water partition coefficient (Wildman–Crippen LogP) is 9.81. The Bertz CT molecular complexity index is 1440. The van der Waals surface area contributed by atoms with Gasteiger partial charge in [-0.2, -0.15) is 17.6 Å². The molecular formula is C31H34F7NO4Si. The Morgan fingerprint density at radius 3 is 2.14 bits per heavy atom. The molecule has 0 aliphatic carbocycles. The van der Waals surface area contributed by atoms with Gasteiger partial charge in [-0.3, -0.25) is 0 Å². The van der Waals surface area contributed by atoms with Crippen molar-refractivity contribution in [3.63, 3.8) is 0 Å². The Morgan fingerprint density at radius 2 is 1.50 bits per heavy atom. The number of fused-ring (bicyclic) bond motifs is 1. The predicted molar refractivity (Wildman–Crippen MR) is 155 cm³/mol. The number of anilines is 1. The Hall–Kier alpha value is -3.45. The van der Waals surface area contributed by atoms with Gasteiger partial charge in [-0.1, -0.05) is 57.2 Å². The minimum atomic E-state index is -4.87. The number of halogens is 7. The molecule has 3 aromatic rings. The zero-order valence-electron chi connectivity index (χ0n) is 24.8. The molecular weight excluding hydrogens is 611 g/mol. The van der Waals surface area contributed by atoms with Gasteiger partial charge in [0.15, 0.2) is 14.1 Å². The van der Waals surface area contributed by atoms with E-state index in [-0.39, 0.29) is 5.04 Å². The van der Waals surface area contributed by atoms with Crippen LogP contribution in [0.15, 0.2) is 66.7 Å². The van der Waals surface area contributed by atoms with Crippen molar-refractivity contribution in [1.82, 2.24) is 0 Å². The first-order valence-electron chi connectivity index (χ1n) is 13.9. The molecule has 2 atom stereocenters. The van der Waals surface area contributed by atoms with Crippen LogP contribution in [0.5, 0.6) is 17.2 Å². The van der Waals surface area contributed by atoms with E-state index in [2.05, 4.69) is 48.7 Å². The summed E-state index contributed by atoms with van der Waals surface area (Å²) < 4.78 is 113. The topological polar surface area (TPSA) is 49.0 Å². The van der Waals surface area contributed by atoms with Gasteiger partial charge in [0.1, 0.15) is 17.6 Å². The van der Waals surface area contributed by atoms with Gasteiger partial charge in [0, 0.05) is 18.6 Å². The maximum absolute atomic E-state index is 13.7. The third-order valence-corrected chi connectivity index (χ3v) is 12.3. The number of rotatable bonds is 10. The summed E-state index contributed by atoms with van der Waals surface area (Å²) in [5.41, 5.74) is 1.82. The van der Waals surface area contributed by atoms with Crippen molar-refractivity contribution in [3.8, 4) is 28.4 Å². The van der Waals surface area contributed by atoms with Crippen molar-refractivity contribution in [1.29, 1.82) is 0 Å². The van der Waals surface area contributed by atoms with Crippen LogP contribution in [0, 0.1) is 0 Å². The molecule has 2 unspecified atom stereocenters. The molecule has 13 heteroatoms. The van der Waals surface area contributed by atoms with Crippen molar-refractivity contribution in [3.05, 3.63) is 72.3 Å². The van der Waals surface area contributed by atoms with Crippen LogP contribution in [0.1, 0.15) is 38.8 Å². The molecule has 1 aliphatic rings. The monoisotopic (exact) mass is 645 g/mol. The Morgan fingerprint density at radius 1 is 0.864 bits per heavy atom. The number of ether oxygens (including phenoxy) is 3. The molecule has 5 nitrogen and oxygen atoms in total. The Balaban J connectivity index is 1.70. The van der Waals surface area contributed by atoms with E-state index in [4.69, 9.17) is 9.16 Å². The van der Waals surface area contributed by atoms with Crippen molar-refractivity contribution < 1.29 is 49.4 Å². The molecule has 0 fully saturated rings. The van der Waals surface area contributed by atoms with Crippen LogP contribution >= 0.6 is 0 Å². The third-order valence-electron chi connectivity index (χ3n) is 7.74. The van der Waals surface area contributed by atoms with Crippen LogP contribution in [-0.2, 0) is 4.43 Å². The van der Waals surface area contributed by atoms with E-state index in [1.165, 1.54) is 30.3 Å². The molecule has 1 heterocycles. The van der Waals surface area contributed by atoms with Gasteiger partial charge in [0.2, 0.25) is 0 Å². The Labute approximate surface area is 252 Å². The average molecular weight is 646 g/mol. The van der Waals surface area contributed by atoms with Gasteiger partial charge in [0.05, 0.1) is 11.7 Å². The first-order chi connectivity index (χ1) is 20.4. The van der Waals surface area contributed by atoms with Gasteiger partial charge in [-0.25, -0.2) is 0 Å². The second kappa shape index (κ2) is 12.5. The zero-order chi connectivity index (χ0) is 32.5. The minimum Gasteiger partial charge on any atom is -0.485 e. The van der Waals surface area contributed by atoms with Crippen molar-refractivity contribution in [2.75, 3.05) is 11.9 Å². The van der Waals surface area contributed by atoms with E-state index in [0.717, 1.165) is 6.07 Å². The van der Waals surface area contributed by atoms with Crippen molar-refractivity contribution in [2.24, 2.45) is 0 Å². The van der Waals surface area contributed by atoms with Gasteiger partial charge in [-0.05, 0) is 59.6 Å². The molecule has 0 bridgehead atoms. The normalized spacial score (nSPS) is 17.5. The van der Waals surface area contributed by atoms with Crippen LogP contribution in [0.25, 0.3) is 11.1 Å². The number of nitrogens with one attached hydrogen (secondary N) is 1. The highest BCUT2D eigenvalue weighted by molar-refractivity contribution is 6.74. The lowest BCUT2D eigenvalue weighted by Crippen LogP contribution is -2.42. The molecule has 0 amide bonds. The molecule has 0 radical (unpaired) electrons. The number of para-hydroxylation sites is 1. The fraction of sp³-hybridized carbons (Fsp3) is 0.419. The fourth-order valence-corrected chi connectivity index (χ4v) is 5.55. The molecule has 1 N–H and O–H groups in total. The SMILES string of the molecule is CC(C)(C)[Si](C)(C)OCCC1Oc2c(cccc2-c2cccc(OC(F)(F)F)c2)NC1c1cccc(OC(F)(F)C(F)F)c1. The summed E-state index contributed by atoms with van der Waals surface area (Å²) in [6.45, 7) is 10.8. The first-order valence-corrected chi connectivity index (χ1v) is 16.8. The lowest BCUT2D eigenvalue weighted by Gasteiger charge is -2.39. The van der Waals surface area contributed by atoms with Crippen LogP contribution in [0.4, 0.5) is 36.4 Å². The van der Waals surface area contributed by atoms with E-state index in [1.54, 1.807) is 30.3 Å². The van der Waals surface area contributed by atoms with Gasteiger partial charge in [0.25, 0.3) is 0 Å². The average Bonchev–Trinajstić information content (AvgIpc) is 2.90. The third kappa shape index (κ3) is 7.98. The standard InChI is InChI=1S/C31H34F7NO4Si/c1-29(2,3)44(4,5)40-16-15-25-26(20-10-7-11-21(18-20)42-30(34,35)28(32)33)39-24-14-8-13-23(27(24)41-25)19-9-6-12-22(17-19)43-31(36,37)38/h6-14,17-18,25-26,28,39H,15-16H2,1-5H3. The van der Waals surface area contributed by atoms with Crippen LogP contribution < -0.4 is 19.5 Å². The van der Waals surface area contributed by atoms with E-state index in [0.29, 0.717) is 41.2 Å². The maximum atomic E-state index is 13.7. The molecule has 44 heavy (non-hydrogen) atoms. The second-order valence-corrected chi connectivity index (χ2v) is 16.8. The van der Waals surface area contributed by atoms with Crippen molar-refractivity contribution in [2.45, 2.75) is 76.4 Å². The van der Waals surface area contributed by atoms with Gasteiger partial charge < -0.3 is 24.0 Å². The summed E-state index contributed by atoms with van der Waals surface area (Å²) >= 11 is 0. The number of benzene rings is 3. The first kappa shape index (κ1) is 33.4. The van der Waals surface area contributed by atoms with Gasteiger partial charge >= 0.3 is 18.9 Å². The van der Waals surface area contributed by atoms with E-state index < -0.39 is 50.9 Å². The molecule has 0 aromatic heterocycles. The minimum absolute atomic E-state index is 0.0665. The van der Waals surface area contributed by atoms with E-state index in [9.17, 15) is 30.7 Å². The summed E-state index contributed by atoms with van der Waals surface area (Å²) in [5.74, 6) is -0.486. The lowest BCUT2D eigenvalue weighted by molar-refractivity contribution is -0.274. The van der Waals surface area contributed by atoms with Gasteiger partial charge in [-0.15, -0.1) is 13.2 Å². The lowest BCUT2D eigenvalue weighted by atomic mass is 9.95. The summed E-state index contributed by atoms with van der Waals surface area (Å²) in [6.07, 6.45) is -13.9. The summed E-state index contributed by atoms with van der Waals surface area (Å²) in [4.78, 5) is 0. The largest absolute Gasteiger partial charge is 0.573 e. The number of hydrogen-bond donors (Lipinski definition) is 1.